The van der Waals surface area contributed by atoms with E-state index >= 15 is 0 Å². The van der Waals surface area contributed by atoms with Crippen molar-refractivity contribution in [3.05, 3.63) is 48.6 Å². The first-order chi connectivity index (χ1) is 9.56. The van der Waals surface area contributed by atoms with E-state index in [-0.39, 0.29) is 19.4 Å². The van der Waals surface area contributed by atoms with Crippen LogP contribution in [0.5, 0.6) is 0 Å². The number of carboxylic acid groups (broad SMARTS) is 1. The average molecular weight is 276 g/mol. The van der Waals surface area contributed by atoms with E-state index in [0.717, 1.165) is 5.56 Å². The highest BCUT2D eigenvalue weighted by Gasteiger charge is 2.46. The summed E-state index contributed by atoms with van der Waals surface area (Å²) in [5.74, 6) is -1.85. The lowest BCUT2D eigenvalue weighted by Gasteiger charge is -2.25. The molecule has 0 spiro atoms. The summed E-state index contributed by atoms with van der Waals surface area (Å²) < 4.78 is 4.94. The molecule has 1 aromatic carbocycles. The summed E-state index contributed by atoms with van der Waals surface area (Å²) >= 11 is 0. The van der Waals surface area contributed by atoms with Crippen molar-refractivity contribution in [3.63, 3.8) is 0 Å². The SMILES string of the molecule is C=CCC(CCc1ccccc1)(C(=O)O)C(=O)OCC. The highest BCUT2D eigenvalue weighted by atomic mass is 16.5. The second-order valence-corrected chi connectivity index (χ2v) is 4.59. The number of rotatable bonds is 8. The molecule has 4 heteroatoms. The Bertz CT molecular complexity index is 467. The number of carboxylic acids is 1. The molecule has 108 valence electrons. The minimum absolute atomic E-state index is 0.0635. The third-order valence-electron chi connectivity index (χ3n) is 3.25. The highest BCUT2D eigenvalue weighted by Crippen LogP contribution is 2.31. The Kier molecular flexibility index (Phi) is 5.97. The van der Waals surface area contributed by atoms with E-state index in [1.54, 1.807) is 6.92 Å². The zero-order valence-corrected chi connectivity index (χ0v) is 11.7. The first-order valence-electron chi connectivity index (χ1n) is 6.62. The van der Waals surface area contributed by atoms with Crippen LogP contribution in [0.3, 0.4) is 0 Å². The van der Waals surface area contributed by atoms with Crippen molar-refractivity contribution >= 4 is 11.9 Å². The van der Waals surface area contributed by atoms with Gasteiger partial charge in [-0.05, 0) is 31.7 Å². The van der Waals surface area contributed by atoms with E-state index in [1.807, 2.05) is 30.3 Å². The van der Waals surface area contributed by atoms with Crippen molar-refractivity contribution in [2.45, 2.75) is 26.2 Å². The summed E-state index contributed by atoms with van der Waals surface area (Å²) in [5.41, 5.74) is -0.556. The smallest absolute Gasteiger partial charge is 0.323 e. The number of carbonyl (C=O) groups is 2. The number of benzene rings is 1. The zero-order valence-electron chi connectivity index (χ0n) is 11.7. The van der Waals surface area contributed by atoms with Gasteiger partial charge in [0.05, 0.1) is 6.61 Å². The molecule has 4 nitrogen and oxygen atoms in total. The minimum Gasteiger partial charge on any atom is -0.480 e. The Balaban J connectivity index is 2.94. The Morgan fingerprint density at radius 2 is 2.00 bits per heavy atom. The Morgan fingerprint density at radius 3 is 2.50 bits per heavy atom. The molecule has 0 saturated heterocycles. The van der Waals surface area contributed by atoms with Crippen molar-refractivity contribution in [1.82, 2.24) is 0 Å². The quantitative estimate of drug-likeness (QED) is 0.450. The molecule has 0 fully saturated rings. The minimum atomic E-state index is -1.55. The standard InChI is InChI=1S/C16H20O4/c1-3-11-16(14(17)18,15(19)20-4-2)12-10-13-8-6-5-7-9-13/h3,5-9H,1,4,10-12H2,2H3,(H,17,18). The second kappa shape index (κ2) is 7.48. The zero-order chi connectivity index (χ0) is 15.0. The van der Waals surface area contributed by atoms with Gasteiger partial charge in [0, 0.05) is 0 Å². The van der Waals surface area contributed by atoms with Gasteiger partial charge in [-0.2, -0.15) is 0 Å². The molecule has 1 aromatic rings. The second-order valence-electron chi connectivity index (χ2n) is 4.59. The van der Waals surface area contributed by atoms with Gasteiger partial charge >= 0.3 is 11.9 Å². The third kappa shape index (κ3) is 3.70. The largest absolute Gasteiger partial charge is 0.480 e. The number of carbonyl (C=O) groups excluding carboxylic acids is 1. The van der Waals surface area contributed by atoms with E-state index in [0.29, 0.717) is 6.42 Å². The van der Waals surface area contributed by atoms with Crippen molar-refractivity contribution in [2.75, 3.05) is 6.61 Å². The summed E-state index contributed by atoms with van der Waals surface area (Å²) in [6.45, 7) is 5.38. The maximum atomic E-state index is 12.1. The number of ether oxygens (including phenoxy) is 1. The van der Waals surface area contributed by atoms with Crippen LogP contribution >= 0.6 is 0 Å². The van der Waals surface area contributed by atoms with E-state index in [1.165, 1.54) is 6.08 Å². The van der Waals surface area contributed by atoms with Gasteiger partial charge in [0.25, 0.3) is 0 Å². The molecule has 1 N–H and O–H groups in total. The number of hydrogen-bond donors (Lipinski definition) is 1. The fraction of sp³-hybridized carbons (Fsp3) is 0.375. The van der Waals surface area contributed by atoms with Crippen LogP contribution in [0.4, 0.5) is 0 Å². The maximum absolute atomic E-state index is 12.1. The van der Waals surface area contributed by atoms with Crippen LogP contribution in [-0.4, -0.2) is 23.7 Å². The lowest BCUT2D eigenvalue weighted by atomic mass is 9.79. The molecule has 20 heavy (non-hydrogen) atoms. The summed E-state index contributed by atoms with van der Waals surface area (Å²) in [5, 5.41) is 9.48. The number of aryl methyl sites for hydroxylation is 1. The fourth-order valence-corrected chi connectivity index (χ4v) is 2.09. The molecule has 0 aliphatic heterocycles. The van der Waals surface area contributed by atoms with Gasteiger partial charge in [0.15, 0.2) is 5.41 Å². The number of aliphatic carboxylic acids is 1. The monoisotopic (exact) mass is 276 g/mol. The van der Waals surface area contributed by atoms with E-state index < -0.39 is 17.4 Å². The van der Waals surface area contributed by atoms with Crippen molar-refractivity contribution in [1.29, 1.82) is 0 Å². The van der Waals surface area contributed by atoms with Crippen molar-refractivity contribution < 1.29 is 19.4 Å². The summed E-state index contributed by atoms with van der Waals surface area (Å²) in [6, 6.07) is 9.48. The van der Waals surface area contributed by atoms with Crippen LogP contribution in [-0.2, 0) is 20.7 Å². The molecule has 0 bridgehead atoms. The average Bonchev–Trinajstić information content (AvgIpc) is 2.44. The van der Waals surface area contributed by atoms with Gasteiger partial charge in [0.2, 0.25) is 0 Å². The van der Waals surface area contributed by atoms with Gasteiger partial charge in [-0.3, -0.25) is 9.59 Å². The summed E-state index contributed by atoms with van der Waals surface area (Å²) in [4.78, 5) is 23.7. The Hall–Kier alpha value is -2.10. The topological polar surface area (TPSA) is 63.6 Å². The van der Waals surface area contributed by atoms with Gasteiger partial charge in [-0.1, -0.05) is 36.4 Å². The first kappa shape index (κ1) is 16.0. The number of esters is 1. The van der Waals surface area contributed by atoms with Crippen LogP contribution < -0.4 is 0 Å². The Morgan fingerprint density at radius 1 is 1.35 bits per heavy atom. The third-order valence-corrected chi connectivity index (χ3v) is 3.25. The molecular weight excluding hydrogens is 256 g/mol. The lowest BCUT2D eigenvalue weighted by Crippen LogP contribution is -2.41. The van der Waals surface area contributed by atoms with Crippen LogP contribution in [0.2, 0.25) is 0 Å². The normalized spacial score (nSPS) is 13.2. The van der Waals surface area contributed by atoms with E-state index in [4.69, 9.17) is 4.74 Å². The van der Waals surface area contributed by atoms with E-state index in [9.17, 15) is 14.7 Å². The number of hydrogen-bond acceptors (Lipinski definition) is 3. The van der Waals surface area contributed by atoms with Gasteiger partial charge in [0.1, 0.15) is 0 Å². The van der Waals surface area contributed by atoms with E-state index in [2.05, 4.69) is 6.58 Å². The van der Waals surface area contributed by atoms with Gasteiger partial charge < -0.3 is 9.84 Å². The van der Waals surface area contributed by atoms with Crippen molar-refractivity contribution in [2.24, 2.45) is 5.41 Å². The predicted molar refractivity (Wildman–Crippen MR) is 76.3 cm³/mol. The molecule has 0 aromatic heterocycles. The Labute approximate surface area is 119 Å². The van der Waals surface area contributed by atoms with Crippen LogP contribution in [0.1, 0.15) is 25.3 Å². The molecule has 0 amide bonds. The molecule has 1 unspecified atom stereocenters. The predicted octanol–water partition coefficient (Wildman–Crippen LogP) is 2.83. The van der Waals surface area contributed by atoms with Gasteiger partial charge in [-0.15, -0.1) is 6.58 Å². The first-order valence-corrected chi connectivity index (χ1v) is 6.62. The molecule has 0 aliphatic rings. The highest BCUT2D eigenvalue weighted by molar-refractivity contribution is 5.99. The summed E-state index contributed by atoms with van der Waals surface area (Å²) in [6.07, 6.45) is 2.21. The molecule has 1 rings (SSSR count). The molecule has 0 heterocycles. The summed E-state index contributed by atoms with van der Waals surface area (Å²) in [7, 11) is 0. The molecule has 0 saturated carbocycles. The van der Waals surface area contributed by atoms with Crippen LogP contribution in [0.15, 0.2) is 43.0 Å². The molecule has 0 radical (unpaired) electrons. The molecule has 1 atom stereocenters. The van der Waals surface area contributed by atoms with Crippen molar-refractivity contribution in [3.8, 4) is 0 Å². The molecular formula is C16H20O4. The van der Waals surface area contributed by atoms with Crippen LogP contribution in [0.25, 0.3) is 0 Å². The fourth-order valence-electron chi connectivity index (χ4n) is 2.09. The molecule has 0 aliphatic carbocycles. The maximum Gasteiger partial charge on any atom is 0.323 e. The van der Waals surface area contributed by atoms with Crippen LogP contribution in [0, 0.1) is 5.41 Å². The lowest BCUT2D eigenvalue weighted by molar-refractivity contribution is -0.169. The van der Waals surface area contributed by atoms with Gasteiger partial charge in [-0.25, -0.2) is 0 Å². The number of allylic oxidation sites excluding steroid dienone is 1.